The molecule has 0 amide bonds. The fraction of sp³-hybridized carbons (Fsp3) is 0.200. The van der Waals surface area contributed by atoms with Gasteiger partial charge in [-0.05, 0) is 54.5 Å². The largest absolute Gasteiger partial charge is 0.493 e. The number of carboxylic acid groups (broad SMARTS) is 1. The lowest BCUT2D eigenvalue weighted by Crippen LogP contribution is -2.09. The number of aliphatic carboxylic acids is 1. The smallest absolute Gasteiger partial charge is 0.346 e. The summed E-state index contributed by atoms with van der Waals surface area (Å²) in [6.07, 6.45) is 1.27. The first kappa shape index (κ1) is 20.1. The normalized spacial score (nSPS) is 10.8. The van der Waals surface area contributed by atoms with Crippen molar-refractivity contribution < 1.29 is 24.1 Å². The van der Waals surface area contributed by atoms with E-state index in [0.717, 1.165) is 5.56 Å². The number of benzene rings is 2. The summed E-state index contributed by atoms with van der Waals surface area (Å²) in [6.45, 7) is 2.43. The average Bonchev–Trinajstić information content (AvgIpc) is 2.66. The van der Waals surface area contributed by atoms with E-state index >= 15 is 0 Å². The molecular formula is C20H18ClNO5. The minimum Gasteiger partial charge on any atom is -0.493 e. The number of carbonyl (C=O) groups is 1. The maximum atomic E-state index is 11.0. The molecule has 0 fully saturated rings. The van der Waals surface area contributed by atoms with E-state index in [1.807, 2.05) is 13.0 Å². The number of methoxy groups -OCH3 is 1. The van der Waals surface area contributed by atoms with Crippen LogP contribution in [0.25, 0.3) is 6.08 Å². The maximum Gasteiger partial charge on any atom is 0.346 e. The molecule has 27 heavy (non-hydrogen) atoms. The van der Waals surface area contributed by atoms with E-state index in [1.165, 1.54) is 13.2 Å². The minimum absolute atomic E-state index is 0.245. The van der Waals surface area contributed by atoms with Gasteiger partial charge < -0.3 is 19.3 Å². The van der Waals surface area contributed by atoms with Crippen LogP contribution in [0, 0.1) is 18.3 Å². The van der Waals surface area contributed by atoms with Crippen molar-refractivity contribution >= 4 is 23.6 Å². The molecule has 0 radical (unpaired) electrons. The van der Waals surface area contributed by atoms with E-state index < -0.39 is 5.97 Å². The number of nitrogens with zero attached hydrogens (tertiary/aromatic N) is 1. The van der Waals surface area contributed by atoms with Crippen molar-refractivity contribution in [1.82, 2.24) is 0 Å². The van der Waals surface area contributed by atoms with Crippen LogP contribution in [0.3, 0.4) is 0 Å². The second-order valence-electron chi connectivity index (χ2n) is 5.49. The Kier molecular flexibility index (Phi) is 7.09. The van der Waals surface area contributed by atoms with Crippen LogP contribution in [-0.2, 0) is 4.79 Å². The van der Waals surface area contributed by atoms with E-state index in [0.29, 0.717) is 34.4 Å². The van der Waals surface area contributed by atoms with Crippen molar-refractivity contribution in [1.29, 1.82) is 5.26 Å². The van der Waals surface area contributed by atoms with Gasteiger partial charge in [0.1, 0.15) is 30.6 Å². The quantitative estimate of drug-likeness (QED) is 0.416. The highest BCUT2D eigenvalue weighted by Crippen LogP contribution is 2.29. The fourth-order valence-electron chi connectivity index (χ4n) is 2.22. The summed E-state index contributed by atoms with van der Waals surface area (Å²) in [5, 5.41) is 18.5. The van der Waals surface area contributed by atoms with Crippen LogP contribution in [-0.4, -0.2) is 31.4 Å². The van der Waals surface area contributed by atoms with Crippen LogP contribution in [0.15, 0.2) is 42.0 Å². The summed E-state index contributed by atoms with van der Waals surface area (Å²) in [7, 11) is 1.50. The molecule has 0 aliphatic rings. The van der Waals surface area contributed by atoms with Crippen LogP contribution >= 0.6 is 11.6 Å². The van der Waals surface area contributed by atoms with Gasteiger partial charge in [0.15, 0.2) is 11.5 Å². The van der Waals surface area contributed by atoms with E-state index in [-0.39, 0.29) is 12.2 Å². The molecule has 2 rings (SSSR count). The first-order valence-electron chi connectivity index (χ1n) is 7.99. The Morgan fingerprint density at radius 2 is 1.93 bits per heavy atom. The number of ether oxygens (including phenoxy) is 3. The molecule has 140 valence electrons. The number of hydrogen-bond acceptors (Lipinski definition) is 5. The SMILES string of the molecule is COc1ccc(C=C(C#N)C(=O)O)cc1OCCOc1ccc(Cl)c(C)c1. The van der Waals surface area contributed by atoms with Gasteiger partial charge >= 0.3 is 5.97 Å². The third-order valence-corrected chi connectivity index (χ3v) is 4.01. The Balaban J connectivity index is 2.04. The maximum absolute atomic E-state index is 11.0. The standard InChI is InChI=1S/C20H18ClNO5/c1-13-9-16(4-5-17(13)21)26-7-8-27-19-11-14(3-6-18(19)25-2)10-15(12-22)20(23)24/h3-6,9-11H,7-8H2,1-2H3,(H,23,24). The van der Waals surface area contributed by atoms with Crippen LogP contribution in [0.4, 0.5) is 0 Å². The molecule has 2 aromatic carbocycles. The van der Waals surface area contributed by atoms with Crippen LogP contribution in [0.2, 0.25) is 5.02 Å². The Morgan fingerprint density at radius 3 is 2.56 bits per heavy atom. The molecule has 0 spiro atoms. The highest BCUT2D eigenvalue weighted by Gasteiger charge is 2.09. The van der Waals surface area contributed by atoms with Gasteiger partial charge in [-0.1, -0.05) is 17.7 Å². The molecule has 0 aliphatic heterocycles. The molecule has 7 heteroatoms. The Labute approximate surface area is 162 Å². The number of hydrogen-bond donors (Lipinski definition) is 1. The Hall–Kier alpha value is -3.17. The second kappa shape index (κ2) is 9.51. The highest BCUT2D eigenvalue weighted by atomic mass is 35.5. The molecular weight excluding hydrogens is 370 g/mol. The summed E-state index contributed by atoms with van der Waals surface area (Å²) in [4.78, 5) is 11.0. The molecule has 0 heterocycles. The lowest BCUT2D eigenvalue weighted by atomic mass is 10.1. The van der Waals surface area contributed by atoms with Gasteiger partial charge in [-0.15, -0.1) is 0 Å². The van der Waals surface area contributed by atoms with Crippen LogP contribution < -0.4 is 14.2 Å². The molecule has 0 aromatic heterocycles. The minimum atomic E-state index is -1.29. The summed E-state index contributed by atoms with van der Waals surface area (Å²) in [5.74, 6) is 0.305. The second-order valence-corrected chi connectivity index (χ2v) is 5.90. The van der Waals surface area contributed by atoms with Crippen molar-refractivity contribution in [2.45, 2.75) is 6.92 Å². The van der Waals surface area contributed by atoms with Gasteiger partial charge in [0.2, 0.25) is 0 Å². The van der Waals surface area contributed by atoms with Crippen molar-refractivity contribution in [2.75, 3.05) is 20.3 Å². The summed E-state index contributed by atoms with van der Waals surface area (Å²) in [6, 6.07) is 11.9. The van der Waals surface area contributed by atoms with Gasteiger partial charge in [0.25, 0.3) is 0 Å². The number of carboxylic acids is 1. The van der Waals surface area contributed by atoms with E-state index in [2.05, 4.69) is 0 Å². The summed E-state index contributed by atoms with van der Waals surface area (Å²) >= 11 is 5.98. The zero-order valence-electron chi connectivity index (χ0n) is 14.9. The summed E-state index contributed by atoms with van der Waals surface area (Å²) < 4.78 is 16.5. The van der Waals surface area contributed by atoms with Gasteiger partial charge in [-0.2, -0.15) is 5.26 Å². The molecule has 1 N–H and O–H groups in total. The predicted molar refractivity (Wildman–Crippen MR) is 101 cm³/mol. The first-order chi connectivity index (χ1) is 12.9. The van der Waals surface area contributed by atoms with E-state index in [4.69, 9.17) is 36.2 Å². The number of halogens is 1. The molecule has 6 nitrogen and oxygen atoms in total. The predicted octanol–water partition coefficient (Wildman–Crippen LogP) is 4.11. The number of rotatable bonds is 8. The average molecular weight is 388 g/mol. The van der Waals surface area contributed by atoms with Gasteiger partial charge in [0.05, 0.1) is 7.11 Å². The van der Waals surface area contributed by atoms with Crippen molar-refractivity contribution in [3.05, 3.63) is 58.1 Å². The van der Waals surface area contributed by atoms with E-state index in [1.54, 1.807) is 36.4 Å². The van der Waals surface area contributed by atoms with Gasteiger partial charge in [-0.3, -0.25) is 0 Å². The molecule has 0 atom stereocenters. The van der Waals surface area contributed by atoms with Crippen molar-refractivity contribution in [2.24, 2.45) is 0 Å². The first-order valence-corrected chi connectivity index (χ1v) is 8.37. The molecule has 0 saturated heterocycles. The Morgan fingerprint density at radius 1 is 1.19 bits per heavy atom. The van der Waals surface area contributed by atoms with Crippen molar-refractivity contribution in [3.63, 3.8) is 0 Å². The molecule has 0 unspecified atom stereocenters. The van der Waals surface area contributed by atoms with Crippen molar-refractivity contribution in [3.8, 4) is 23.3 Å². The monoisotopic (exact) mass is 387 g/mol. The third kappa shape index (κ3) is 5.66. The molecule has 2 aromatic rings. The van der Waals surface area contributed by atoms with Gasteiger partial charge in [-0.25, -0.2) is 4.79 Å². The zero-order valence-corrected chi connectivity index (χ0v) is 15.6. The highest BCUT2D eigenvalue weighted by molar-refractivity contribution is 6.31. The molecule has 0 bridgehead atoms. The topological polar surface area (TPSA) is 88.8 Å². The van der Waals surface area contributed by atoms with E-state index in [9.17, 15) is 4.79 Å². The van der Waals surface area contributed by atoms with Crippen LogP contribution in [0.5, 0.6) is 17.2 Å². The number of aryl methyl sites for hydroxylation is 1. The lowest BCUT2D eigenvalue weighted by Gasteiger charge is -2.12. The summed E-state index contributed by atoms with van der Waals surface area (Å²) in [5.41, 5.74) is 1.06. The lowest BCUT2D eigenvalue weighted by molar-refractivity contribution is -0.132. The molecule has 0 saturated carbocycles. The zero-order chi connectivity index (χ0) is 19.8. The number of nitriles is 1. The Bertz CT molecular complexity index is 902. The molecule has 0 aliphatic carbocycles. The third-order valence-electron chi connectivity index (χ3n) is 3.59. The fourth-order valence-corrected chi connectivity index (χ4v) is 2.34. The van der Waals surface area contributed by atoms with Gasteiger partial charge in [0, 0.05) is 5.02 Å². The van der Waals surface area contributed by atoms with Crippen LogP contribution in [0.1, 0.15) is 11.1 Å².